The van der Waals surface area contributed by atoms with Crippen LogP contribution in [0.2, 0.25) is 0 Å². The number of esters is 1. The van der Waals surface area contributed by atoms with Gasteiger partial charge >= 0.3 is 25.6 Å². The Bertz CT molecular complexity index is 1070. The molecule has 2 N–H and O–H groups in total. The first kappa shape index (κ1) is 26.6. The molecule has 0 aliphatic carbocycles. The molecule has 184 valence electrons. The molecule has 0 spiro atoms. The van der Waals surface area contributed by atoms with Gasteiger partial charge in [-0.2, -0.15) is 13.2 Å². The third-order valence-corrected chi connectivity index (χ3v) is 5.82. The van der Waals surface area contributed by atoms with Crippen LogP contribution in [-0.2, 0) is 27.9 Å². The highest BCUT2D eigenvalue weighted by Gasteiger charge is 2.40. The van der Waals surface area contributed by atoms with Gasteiger partial charge in [0.25, 0.3) is 5.56 Å². The molecule has 0 amide bonds. The number of rotatable bonds is 10. The minimum Gasteiger partial charge on any atom is -0.468 e. The zero-order valence-corrected chi connectivity index (χ0v) is 18.2. The smallest absolute Gasteiger partial charge is 0.412 e. The lowest BCUT2D eigenvalue weighted by Crippen LogP contribution is -2.33. The van der Waals surface area contributed by atoms with Crippen molar-refractivity contribution >= 4 is 13.7 Å². The van der Waals surface area contributed by atoms with E-state index in [9.17, 15) is 32.1 Å². The lowest BCUT2D eigenvalue weighted by Gasteiger charge is -2.22. The van der Waals surface area contributed by atoms with Gasteiger partial charge in [-0.05, 0) is 12.5 Å². The number of aryl methyl sites for hydroxylation is 1. The van der Waals surface area contributed by atoms with E-state index in [4.69, 9.17) is 14.8 Å². The summed E-state index contributed by atoms with van der Waals surface area (Å²) >= 11 is 0. The summed E-state index contributed by atoms with van der Waals surface area (Å²) in [5.74, 6) is -0.952. The number of methoxy groups -OCH3 is 1. The Morgan fingerprint density at radius 2 is 2.15 bits per heavy atom. The fourth-order valence-electron chi connectivity index (χ4n) is 2.72. The number of ether oxygens (including phenoxy) is 2. The number of aromatic nitrogens is 2. The topological polar surface area (TPSA) is 187 Å². The second-order valence-electron chi connectivity index (χ2n) is 6.71. The molecule has 4 atom stereocenters. The van der Waals surface area contributed by atoms with Crippen molar-refractivity contribution in [3.8, 4) is 0 Å². The third-order valence-electron chi connectivity index (χ3n) is 4.31. The highest BCUT2D eigenvalue weighted by Crippen LogP contribution is 2.46. The van der Waals surface area contributed by atoms with Crippen LogP contribution in [0.3, 0.4) is 0 Å². The number of hydrogen-bond donors (Lipinski definition) is 2. The summed E-state index contributed by atoms with van der Waals surface area (Å²) in [7, 11) is -3.69. The monoisotopic (exact) mass is 500 g/mol. The number of nitrogens with one attached hydrogen (secondary N) is 2. The Kier molecular flexibility index (Phi) is 8.82. The molecule has 1 fully saturated rings. The van der Waals surface area contributed by atoms with Crippen molar-refractivity contribution in [2.75, 3.05) is 26.9 Å². The number of halogens is 3. The quantitative estimate of drug-likeness (QED) is 0.157. The molecule has 0 bridgehead atoms. The van der Waals surface area contributed by atoms with Gasteiger partial charge in [-0.15, -0.1) is 0 Å². The molecule has 2 heterocycles. The largest absolute Gasteiger partial charge is 0.468 e. The van der Waals surface area contributed by atoms with Crippen LogP contribution in [0.4, 0.5) is 13.2 Å². The van der Waals surface area contributed by atoms with Gasteiger partial charge in [-0.3, -0.25) is 28.2 Å². The van der Waals surface area contributed by atoms with Crippen molar-refractivity contribution in [2.45, 2.75) is 37.9 Å². The van der Waals surface area contributed by atoms with E-state index in [1.165, 1.54) is 13.1 Å². The number of carbonyl (C=O) groups is 1. The molecule has 0 radical (unpaired) electrons. The molecule has 1 unspecified atom stereocenters. The molecule has 33 heavy (non-hydrogen) atoms. The van der Waals surface area contributed by atoms with Crippen molar-refractivity contribution in [3.63, 3.8) is 0 Å². The van der Waals surface area contributed by atoms with Crippen molar-refractivity contribution < 1.29 is 41.1 Å². The molecule has 18 heteroatoms. The molecule has 1 aliphatic heterocycles. The standard InChI is InChI=1S/C15H20F3N6O8P/c1-8-5-24(14(27)21-13(8)26)11-3-9(22-23-19)10(32-11)6-30-33(28,20-4-12(25)29-2)31-7-15(16,17)18/h5,9-11H,3-4,6-7H2,1-2H3,(H,20,28)(H,21,26,27)/t9-,10+,11+,33?/m0/s1. The molecule has 14 nitrogen and oxygen atoms in total. The highest BCUT2D eigenvalue weighted by molar-refractivity contribution is 7.51. The number of carbonyl (C=O) groups excluding carboxylic acids is 1. The van der Waals surface area contributed by atoms with E-state index in [1.807, 2.05) is 5.09 Å². The predicted octanol–water partition coefficient (Wildman–Crippen LogP) is 1.28. The fourth-order valence-corrected chi connectivity index (χ4v) is 3.95. The van der Waals surface area contributed by atoms with Crippen molar-refractivity contribution in [1.82, 2.24) is 14.6 Å². The van der Waals surface area contributed by atoms with E-state index in [2.05, 4.69) is 24.3 Å². The van der Waals surface area contributed by atoms with Gasteiger partial charge in [-0.1, -0.05) is 5.11 Å². The van der Waals surface area contributed by atoms with Crippen LogP contribution in [0.15, 0.2) is 20.9 Å². The van der Waals surface area contributed by atoms with Gasteiger partial charge in [0, 0.05) is 23.1 Å². The molecule has 0 aromatic carbocycles. The highest BCUT2D eigenvalue weighted by atomic mass is 31.2. The first-order chi connectivity index (χ1) is 15.4. The van der Waals surface area contributed by atoms with Crippen LogP contribution in [0.5, 0.6) is 0 Å². The van der Waals surface area contributed by atoms with Crippen LogP contribution < -0.4 is 16.3 Å². The maximum Gasteiger partial charge on any atom is 0.412 e. The summed E-state index contributed by atoms with van der Waals surface area (Å²) in [5, 5.41) is 5.45. The molecule has 1 saturated heterocycles. The number of aromatic amines is 1. The van der Waals surface area contributed by atoms with Crippen molar-refractivity contribution in [1.29, 1.82) is 0 Å². The minimum atomic E-state index is -4.85. The van der Waals surface area contributed by atoms with Gasteiger partial charge in [-0.25, -0.2) is 14.4 Å². The van der Waals surface area contributed by atoms with Gasteiger partial charge < -0.3 is 9.47 Å². The zero-order chi connectivity index (χ0) is 24.8. The normalized spacial score (nSPS) is 22.4. The summed E-state index contributed by atoms with van der Waals surface area (Å²) in [4.78, 5) is 39.6. The van der Waals surface area contributed by atoms with Crippen LogP contribution in [-0.4, -0.2) is 60.7 Å². The van der Waals surface area contributed by atoms with E-state index in [1.54, 1.807) is 0 Å². The van der Waals surface area contributed by atoms with E-state index in [0.717, 1.165) is 11.7 Å². The Morgan fingerprint density at radius 1 is 1.45 bits per heavy atom. The Hall–Kier alpha value is -2.68. The van der Waals surface area contributed by atoms with E-state index in [0.29, 0.717) is 0 Å². The van der Waals surface area contributed by atoms with Gasteiger partial charge in [0.05, 0.1) is 25.9 Å². The number of azide groups is 1. The van der Waals surface area contributed by atoms with Gasteiger partial charge in [0.2, 0.25) is 0 Å². The van der Waals surface area contributed by atoms with Crippen LogP contribution >= 0.6 is 7.75 Å². The van der Waals surface area contributed by atoms with E-state index >= 15 is 0 Å². The average molecular weight is 500 g/mol. The molecule has 1 aliphatic rings. The minimum absolute atomic E-state index is 0.0627. The van der Waals surface area contributed by atoms with E-state index in [-0.39, 0.29) is 12.0 Å². The lowest BCUT2D eigenvalue weighted by atomic mass is 10.1. The summed E-state index contributed by atoms with van der Waals surface area (Å²) in [5.41, 5.74) is 7.56. The van der Waals surface area contributed by atoms with Crippen LogP contribution in [0.1, 0.15) is 18.2 Å². The first-order valence-electron chi connectivity index (χ1n) is 9.17. The second kappa shape index (κ2) is 11.0. The lowest BCUT2D eigenvalue weighted by molar-refractivity contribution is -0.156. The second-order valence-corrected chi connectivity index (χ2v) is 8.54. The predicted molar refractivity (Wildman–Crippen MR) is 103 cm³/mol. The number of alkyl halides is 3. The zero-order valence-electron chi connectivity index (χ0n) is 17.3. The number of H-pyrrole nitrogens is 1. The van der Waals surface area contributed by atoms with Crippen LogP contribution in [0.25, 0.3) is 10.4 Å². The maximum atomic E-state index is 12.7. The molecule has 2 rings (SSSR count). The third kappa shape index (κ3) is 7.70. The van der Waals surface area contributed by atoms with E-state index < -0.39 is 69.3 Å². The molecule has 1 aromatic heterocycles. The molecule has 0 saturated carbocycles. The van der Waals surface area contributed by atoms with Crippen molar-refractivity contribution in [2.24, 2.45) is 5.11 Å². The van der Waals surface area contributed by atoms with Crippen molar-refractivity contribution in [3.05, 3.63) is 43.0 Å². The Morgan fingerprint density at radius 3 is 2.76 bits per heavy atom. The molecular formula is C15H20F3N6O8P. The molecular weight excluding hydrogens is 480 g/mol. The Balaban J connectivity index is 2.18. The number of nitrogens with zero attached hydrogens (tertiary/aromatic N) is 4. The van der Waals surface area contributed by atoms with Gasteiger partial charge in [0.15, 0.2) is 6.61 Å². The summed E-state index contributed by atoms with van der Waals surface area (Å²) in [6, 6.07) is -0.976. The Labute approximate surface area is 183 Å². The van der Waals surface area contributed by atoms with Crippen LogP contribution in [0, 0.1) is 6.92 Å². The number of hydrogen-bond acceptors (Lipinski definition) is 9. The SMILES string of the molecule is COC(=O)CNP(=O)(OC[C@H]1O[C@@H](n2cc(C)c(=O)[nH]c2=O)C[C@@H]1N=[N+]=[N-])OCC(F)(F)F. The summed E-state index contributed by atoms with van der Waals surface area (Å²) in [6.45, 7) is -1.99. The maximum absolute atomic E-state index is 12.7. The molecule has 1 aromatic rings. The summed E-state index contributed by atoms with van der Waals surface area (Å²) in [6.07, 6.45) is -5.88. The first-order valence-corrected chi connectivity index (χ1v) is 10.7. The van der Waals surface area contributed by atoms with Gasteiger partial charge in [0.1, 0.15) is 12.8 Å². The summed E-state index contributed by atoms with van der Waals surface area (Å²) < 4.78 is 70.6. The fraction of sp³-hybridized carbons (Fsp3) is 0.667. The average Bonchev–Trinajstić information content (AvgIpc) is 3.14.